The van der Waals surface area contributed by atoms with Crippen LogP contribution in [0, 0.1) is 0 Å². The minimum Gasteiger partial charge on any atom is -0.389 e. The van der Waals surface area contributed by atoms with Crippen LogP contribution >= 0.6 is 12.2 Å². The van der Waals surface area contributed by atoms with Crippen molar-refractivity contribution >= 4 is 22.9 Å². The maximum atomic E-state index is 12.8. The molecule has 3 nitrogen and oxygen atoms in total. The van der Waals surface area contributed by atoms with E-state index in [0.717, 1.165) is 12.1 Å². The van der Waals surface area contributed by atoms with Crippen LogP contribution in [0.25, 0.3) is 0 Å². The number of halogens is 3. The third-order valence-electron chi connectivity index (χ3n) is 3.35. The Balaban J connectivity index is 2.41. The summed E-state index contributed by atoms with van der Waals surface area (Å²) in [6, 6.07) is 3.51. The van der Waals surface area contributed by atoms with Crippen molar-refractivity contribution in [1.82, 2.24) is 0 Å². The molecule has 0 saturated carbocycles. The average molecular weight is 318 g/mol. The minimum absolute atomic E-state index is 0.00441. The van der Waals surface area contributed by atoms with Crippen molar-refractivity contribution in [3.63, 3.8) is 0 Å². The van der Waals surface area contributed by atoms with E-state index in [1.807, 2.05) is 18.7 Å². The zero-order chi connectivity index (χ0) is 15.8. The van der Waals surface area contributed by atoms with Crippen LogP contribution in [0.1, 0.15) is 25.0 Å². The molecule has 2 rings (SSSR count). The van der Waals surface area contributed by atoms with Gasteiger partial charge >= 0.3 is 6.18 Å². The first kappa shape index (κ1) is 16.0. The molecule has 0 unspecified atom stereocenters. The summed E-state index contributed by atoms with van der Waals surface area (Å²) in [5.74, 6) is 0. The molecule has 0 radical (unpaired) electrons. The molecule has 2 atom stereocenters. The van der Waals surface area contributed by atoms with Gasteiger partial charge in [-0.2, -0.15) is 13.2 Å². The molecule has 0 bridgehead atoms. The molecule has 0 spiro atoms. The molecule has 2 N–H and O–H groups in total. The fourth-order valence-corrected chi connectivity index (χ4v) is 2.72. The number of rotatable bonds is 2. The highest BCUT2D eigenvalue weighted by atomic mass is 32.1. The van der Waals surface area contributed by atoms with E-state index < -0.39 is 11.7 Å². The Hall–Kier alpha value is -1.34. The van der Waals surface area contributed by atoms with Crippen LogP contribution in [0.3, 0.4) is 0 Å². The van der Waals surface area contributed by atoms with Crippen molar-refractivity contribution in [3.8, 4) is 0 Å². The number of thiocarbonyl (C=S) groups is 1. The molecule has 1 aliphatic rings. The lowest BCUT2D eigenvalue weighted by Crippen LogP contribution is -2.46. The van der Waals surface area contributed by atoms with Gasteiger partial charge in [0.15, 0.2) is 0 Å². The van der Waals surface area contributed by atoms with Crippen molar-refractivity contribution in [2.45, 2.75) is 32.2 Å². The number of hydrogen-bond donors (Lipinski definition) is 1. The summed E-state index contributed by atoms with van der Waals surface area (Å²) >= 11 is 4.91. The van der Waals surface area contributed by atoms with Gasteiger partial charge in [0.05, 0.1) is 17.8 Å². The first-order valence-corrected chi connectivity index (χ1v) is 7.00. The highest BCUT2D eigenvalue weighted by molar-refractivity contribution is 7.80. The molecule has 1 aromatic rings. The number of alkyl halides is 3. The smallest absolute Gasteiger partial charge is 0.389 e. The number of hydrogen-bond acceptors (Lipinski definition) is 3. The number of benzene rings is 1. The normalized spacial score (nSPS) is 23.2. The van der Waals surface area contributed by atoms with Crippen LogP contribution < -0.4 is 10.6 Å². The van der Waals surface area contributed by atoms with Gasteiger partial charge in [-0.05, 0) is 32.0 Å². The first-order valence-electron chi connectivity index (χ1n) is 6.60. The molecular formula is C14H17F3N2OS. The summed E-state index contributed by atoms with van der Waals surface area (Å²) < 4.78 is 44.1. The van der Waals surface area contributed by atoms with Crippen LogP contribution in [0.5, 0.6) is 0 Å². The number of morpholine rings is 1. The molecular weight excluding hydrogens is 301 g/mol. The summed E-state index contributed by atoms with van der Waals surface area (Å²) in [5.41, 5.74) is 5.74. The summed E-state index contributed by atoms with van der Waals surface area (Å²) in [6.07, 6.45) is -4.42. The second-order valence-electron chi connectivity index (χ2n) is 5.26. The lowest BCUT2D eigenvalue weighted by molar-refractivity contribution is -0.137. The number of nitrogens with two attached hydrogens (primary N) is 1. The number of ether oxygens (including phenoxy) is 1. The Kier molecular flexibility index (Phi) is 4.43. The lowest BCUT2D eigenvalue weighted by atomic mass is 10.1. The maximum Gasteiger partial charge on any atom is 0.416 e. The van der Waals surface area contributed by atoms with Crippen molar-refractivity contribution in [2.75, 3.05) is 18.0 Å². The predicted molar refractivity (Wildman–Crippen MR) is 79.6 cm³/mol. The summed E-state index contributed by atoms with van der Waals surface area (Å²) in [5, 5.41) is 0. The van der Waals surface area contributed by atoms with Gasteiger partial charge in [-0.3, -0.25) is 0 Å². The van der Waals surface area contributed by atoms with Crippen LogP contribution in [-0.4, -0.2) is 30.3 Å². The van der Waals surface area contributed by atoms with Crippen LogP contribution in [0.2, 0.25) is 0 Å². The van der Waals surface area contributed by atoms with Crippen molar-refractivity contribution in [2.24, 2.45) is 5.73 Å². The molecule has 0 aromatic heterocycles. The number of anilines is 1. The van der Waals surface area contributed by atoms with Crippen LogP contribution in [0.4, 0.5) is 18.9 Å². The first-order chi connectivity index (χ1) is 9.68. The third kappa shape index (κ3) is 3.65. The largest absolute Gasteiger partial charge is 0.416 e. The van der Waals surface area contributed by atoms with Crippen molar-refractivity contribution < 1.29 is 17.9 Å². The summed E-state index contributed by atoms with van der Waals surface area (Å²) in [7, 11) is 0. The second kappa shape index (κ2) is 5.81. The Labute approximate surface area is 126 Å². The molecule has 7 heteroatoms. The second-order valence-corrected chi connectivity index (χ2v) is 5.70. The highest BCUT2D eigenvalue weighted by Crippen LogP contribution is 2.33. The Bertz CT molecular complexity index is 538. The van der Waals surface area contributed by atoms with E-state index >= 15 is 0 Å². The summed E-state index contributed by atoms with van der Waals surface area (Å²) in [4.78, 5) is 1.93. The zero-order valence-electron chi connectivity index (χ0n) is 11.8. The minimum atomic E-state index is -4.41. The fourth-order valence-electron chi connectivity index (χ4n) is 2.56. The molecule has 116 valence electrons. The topological polar surface area (TPSA) is 38.5 Å². The van der Waals surface area contributed by atoms with Crippen LogP contribution in [-0.2, 0) is 10.9 Å². The maximum absolute atomic E-state index is 12.8. The zero-order valence-corrected chi connectivity index (χ0v) is 12.6. The van der Waals surface area contributed by atoms with Gasteiger partial charge in [-0.1, -0.05) is 12.2 Å². The van der Waals surface area contributed by atoms with Gasteiger partial charge in [-0.25, -0.2) is 0 Å². The van der Waals surface area contributed by atoms with Crippen LogP contribution in [0.15, 0.2) is 18.2 Å². The van der Waals surface area contributed by atoms with E-state index in [2.05, 4.69) is 0 Å². The monoisotopic (exact) mass is 318 g/mol. The third-order valence-corrected chi connectivity index (χ3v) is 3.57. The van der Waals surface area contributed by atoms with Gasteiger partial charge < -0.3 is 15.4 Å². The van der Waals surface area contributed by atoms with E-state index in [0.29, 0.717) is 18.8 Å². The van der Waals surface area contributed by atoms with E-state index in [4.69, 9.17) is 22.7 Å². The fraction of sp³-hybridized carbons (Fsp3) is 0.500. The predicted octanol–water partition coefficient (Wildman–Crippen LogP) is 2.95. The van der Waals surface area contributed by atoms with Crippen molar-refractivity contribution in [3.05, 3.63) is 29.3 Å². The SMILES string of the molecule is C[C@@H]1CN(c2ccc(C(F)(F)F)cc2C(N)=S)C[C@H](C)O1. The quantitative estimate of drug-likeness (QED) is 0.851. The summed E-state index contributed by atoms with van der Waals surface area (Å²) in [6.45, 7) is 5.02. The molecule has 21 heavy (non-hydrogen) atoms. The molecule has 1 aliphatic heterocycles. The average Bonchev–Trinajstić information content (AvgIpc) is 2.35. The molecule has 1 heterocycles. The van der Waals surface area contributed by atoms with Crippen molar-refractivity contribution in [1.29, 1.82) is 0 Å². The Morgan fingerprint density at radius 1 is 1.29 bits per heavy atom. The molecule has 0 aliphatic carbocycles. The van der Waals surface area contributed by atoms with E-state index in [9.17, 15) is 13.2 Å². The van der Waals surface area contributed by atoms with Gasteiger partial charge in [0.1, 0.15) is 4.99 Å². The van der Waals surface area contributed by atoms with E-state index in [1.165, 1.54) is 6.07 Å². The van der Waals surface area contributed by atoms with Gasteiger partial charge in [0.2, 0.25) is 0 Å². The molecule has 0 amide bonds. The highest BCUT2D eigenvalue weighted by Gasteiger charge is 2.32. The van der Waals surface area contributed by atoms with Gasteiger partial charge in [0, 0.05) is 24.3 Å². The molecule has 1 aromatic carbocycles. The van der Waals surface area contributed by atoms with E-state index in [1.54, 1.807) is 0 Å². The Morgan fingerprint density at radius 2 is 1.86 bits per heavy atom. The number of nitrogens with zero attached hydrogens (tertiary/aromatic N) is 1. The van der Waals surface area contributed by atoms with Gasteiger partial charge in [-0.15, -0.1) is 0 Å². The molecule has 1 fully saturated rings. The Morgan fingerprint density at radius 3 is 2.33 bits per heavy atom. The van der Waals surface area contributed by atoms with E-state index in [-0.39, 0.29) is 22.8 Å². The standard InChI is InChI=1S/C14H17F3N2OS/c1-8-6-19(7-9(2)20-8)12-4-3-10(14(15,16)17)5-11(12)13(18)21/h3-5,8-9H,6-7H2,1-2H3,(H2,18,21)/t8-,9+. The van der Waals surface area contributed by atoms with Gasteiger partial charge in [0.25, 0.3) is 0 Å². The molecule has 1 saturated heterocycles. The lowest BCUT2D eigenvalue weighted by Gasteiger charge is -2.37.